The van der Waals surface area contributed by atoms with Crippen LogP contribution in [0.2, 0.25) is 0 Å². The molecule has 1 saturated heterocycles. The second kappa shape index (κ2) is 6.69. The van der Waals surface area contributed by atoms with Crippen LogP contribution in [0.5, 0.6) is 0 Å². The average molecular weight is 304 g/mol. The molecule has 1 aromatic rings. The van der Waals surface area contributed by atoms with E-state index in [1.54, 1.807) is 4.90 Å². The van der Waals surface area contributed by atoms with E-state index in [9.17, 15) is 4.79 Å². The predicted octanol–water partition coefficient (Wildman–Crippen LogP) is 3.66. The first-order valence-corrected chi connectivity index (χ1v) is 8.05. The van der Waals surface area contributed by atoms with Crippen molar-refractivity contribution in [2.24, 2.45) is 0 Å². The molecular formula is C18H28N2O2. The lowest BCUT2D eigenvalue weighted by Crippen LogP contribution is -2.39. The molecule has 0 bridgehead atoms. The SMILES string of the molecule is Cc1ccc([C@@H](C)NC2CCN(C(=O)OC(C)(C)C)C2)cc1. The standard InChI is InChI=1S/C18H28N2O2/c1-13-6-8-15(9-7-13)14(2)19-16-10-11-20(12-16)17(21)22-18(3,4)5/h6-9,14,16,19H,10-12H2,1-5H3/t14-,16?/m1/s1. The van der Waals surface area contributed by atoms with E-state index in [1.165, 1.54) is 11.1 Å². The van der Waals surface area contributed by atoms with E-state index in [-0.39, 0.29) is 12.1 Å². The molecule has 1 aliphatic rings. The van der Waals surface area contributed by atoms with Crippen LogP contribution in [0.25, 0.3) is 0 Å². The van der Waals surface area contributed by atoms with Crippen LogP contribution in [0.3, 0.4) is 0 Å². The molecule has 1 amide bonds. The summed E-state index contributed by atoms with van der Waals surface area (Å²) in [5.74, 6) is 0. The molecule has 0 aliphatic carbocycles. The lowest BCUT2D eigenvalue weighted by atomic mass is 10.1. The van der Waals surface area contributed by atoms with Gasteiger partial charge in [0, 0.05) is 25.2 Å². The second-order valence-corrected chi connectivity index (χ2v) is 7.21. The first kappa shape index (κ1) is 16.8. The molecule has 1 aliphatic heterocycles. The highest BCUT2D eigenvalue weighted by atomic mass is 16.6. The number of hydrogen-bond donors (Lipinski definition) is 1. The van der Waals surface area contributed by atoms with E-state index in [1.807, 2.05) is 20.8 Å². The van der Waals surface area contributed by atoms with E-state index in [2.05, 4.69) is 43.4 Å². The molecule has 2 atom stereocenters. The molecule has 1 N–H and O–H groups in total. The van der Waals surface area contributed by atoms with Gasteiger partial charge in [-0.2, -0.15) is 0 Å². The highest BCUT2D eigenvalue weighted by molar-refractivity contribution is 5.68. The van der Waals surface area contributed by atoms with Gasteiger partial charge in [-0.05, 0) is 46.6 Å². The quantitative estimate of drug-likeness (QED) is 0.926. The van der Waals surface area contributed by atoms with Gasteiger partial charge in [0.2, 0.25) is 0 Å². The number of nitrogens with zero attached hydrogens (tertiary/aromatic N) is 1. The zero-order valence-corrected chi connectivity index (χ0v) is 14.3. The molecule has 0 aromatic heterocycles. The third-order valence-electron chi connectivity index (χ3n) is 3.90. The minimum Gasteiger partial charge on any atom is -0.444 e. The predicted molar refractivity (Wildman–Crippen MR) is 88.9 cm³/mol. The highest BCUT2D eigenvalue weighted by Gasteiger charge is 2.30. The van der Waals surface area contributed by atoms with Crippen LogP contribution >= 0.6 is 0 Å². The van der Waals surface area contributed by atoms with E-state index in [0.717, 1.165) is 13.0 Å². The number of hydrogen-bond acceptors (Lipinski definition) is 3. The lowest BCUT2D eigenvalue weighted by molar-refractivity contribution is 0.0290. The van der Waals surface area contributed by atoms with Crippen molar-refractivity contribution in [3.8, 4) is 0 Å². The molecule has 1 fully saturated rings. The Bertz CT molecular complexity index is 505. The number of nitrogens with one attached hydrogen (secondary N) is 1. The normalized spacial score (nSPS) is 20.0. The van der Waals surface area contributed by atoms with Gasteiger partial charge in [0.15, 0.2) is 0 Å². The summed E-state index contributed by atoms with van der Waals surface area (Å²) in [4.78, 5) is 13.9. The summed E-state index contributed by atoms with van der Waals surface area (Å²) in [5.41, 5.74) is 2.12. The summed E-state index contributed by atoms with van der Waals surface area (Å²) < 4.78 is 5.43. The van der Waals surface area contributed by atoms with E-state index < -0.39 is 5.60 Å². The van der Waals surface area contributed by atoms with Gasteiger partial charge in [0.05, 0.1) is 0 Å². The highest BCUT2D eigenvalue weighted by Crippen LogP contribution is 2.19. The van der Waals surface area contributed by atoms with Crippen molar-refractivity contribution < 1.29 is 9.53 Å². The van der Waals surface area contributed by atoms with Crippen LogP contribution in [0.1, 0.15) is 51.3 Å². The number of carbonyl (C=O) groups excluding carboxylic acids is 1. The summed E-state index contributed by atoms with van der Waals surface area (Å²) >= 11 is 0. The molecule has 122 valence electrons. The molecule has 22 heavy (non-hydrogen) atoms. The average Bonchev–Trinajstić information content (AvgIpc) is 2.86. The molecule has 1 unspecified atom stereocenters. The molecule has 0 saturated carbocycles. The van der Waals surface area contributed by atoms with Gasteiger partial charge in [0.25, 0.3) is 0 Å². The Kier molecular flexibility index (Phi) is 5.12. The zero-order chi connectivity index (χ0) is 16.3. The summed E-state index contributed by atoms with van der Waals surface area (Å²) in [6.07, 6.45) is 0.759. The van der Waals surface area contributed by atoms with Gasteiger partial charge in [-0.15, -0.1) is 0 Å². The minimum absolute atomic E-state index is 0.209. The van der Waals surface area contributed by atoms with Crippen molar-refractivity contribution in [1.82, 2.24) is 10.2 Å². The van der Waals surface area contributed by atoms with Crippen LogP contribution < -0.4 is 5.32 Å². The maximum Gasteiger partial charge on any atom is 0.410 e. The Hall–Kier alpha value is -1.55. The second-order valence-electron chi connectivity index (χ2n) is 7.21. The summed E-state index contributed by atoms with van der Waals surface area (Å²) in [5, 5.41) is 3.61. The van der Waals surface area contributed by atoms with Crippen molar-refractivity contribution in [3.05, 3.63) is 35.4 Å². The number of rotatable bonds is 3. The largest absolute Gasteiger partial charge is 0.444 e. The van der Waals surface area contributed by atoms with Crippen LogP contribution in [-0.4, -0.2) is 35.7 Å². The van der Waals surface area contributed by atoms with Crippen molar-refractivity contribution >= 4 is 6.09 Å². The lowest BCUT2D eigenvalue weighted by Gasteiger charge is -2.25. The number of aryl methyl sites for hydroxylation is 1. The molecular weight excluding hydrogens is 276 g/mol. The monoisotopic (exact) mass is 304 g/mol. The molecule has 4 heteroatoms. The third kappa shape index (κ3) is 4.73. The maximum absolute atomic E-state index is 12.1. The Balaban J connectivity index is 1.85. The molecule has 2 rings (SSSR count). The fourth-order valence-electron chi connectivity index (χ4n) is 2.69. The molecule has 4 nitrogen and oxygen atoms in total. The van der Waals surface area contributed by atoms with Crippen LogP contribution in [0.4, 0.5) is 4.79 Å². The number of carbonyl (C=O) groups is 1. The van der Waals surface area contributed by atoms with Gasteiger partial charge in [-0.3, -0.25) is 0 Å². The first-order valence-electron chi connectivity index (χ1n) is 8.05. The fraction of sp³-hybridized carbons (Fsp3) is 0.611. The molecule has 1 aromatic carbocycles. The summed E-state index contributed by atoms with van der Waals surface area (Å²) in [6, 6.07) is 9.19. The summed E-state index contributed by atoms with van der Waals surface area (Å²) in [7, 11) is 0. The first-order chi connectivity index (χ1) is 10.2. The van der Waals surface area contributed by atoms with Crippen LogP contribution in [0.15, 0.2) is 24.3 Å². The maximum atomic E-state index is 12.1. The van der Waals surface area contributed by atoms with Gasteiger partial charge in [-0.25, -0.2) is 4.79 Å². The number of benzene rings is 1. The van der Waals surface area contributed by atoms with Crippen molar-refractivity contribution in [1.29, 1.82) is 0 Å². The van der Waals surface area contributed by atoms with Gasteiger partial charge in [-0.1, -0.05) is 29.8 Å². The third-order valence-corrected chi connectivity index (χ3v) is 3.90. The number of likely N-dealkylation sites (tertiary alicyclic amines) is 1. The van der Waals surface area contributed by atoms with Crippen LogP contribution in [0, 0.1) is 6.92 Å². The van der Waals surface area contributed by atoms with E-state index >= 15 is 0 Å². The van der Waals surface area contributed by atoms with Gasteiger partial charge in [0.1, 0.15) is 5.60 Å². The smallest absolute Gasteiger partial charge is 0.410 e. The number of ether oxygens (including phenoxy) is 1. The van der Waals surface area contributed by atoms with E-state index in [0.29, 0.717) is 12.6 Å². The number of amides is 1. The van der Waals surface area contributed by atoms with Crippen molar-refractivity contribution in [3.63, 3.8) is 0 Å². The van der Waals surface area contributed by atoms with Crippen molar-refractivity contribution in [2.45, 2.75) is 58.7 Å². The summed E-state index contributed by atoms with van der Waals surface area (Å²) in [6.45, 7) is 11.4. The molecule has 1 heterocycles. The van der Waals surface area contributed by atoms with Crippen LogP contribution in [-0.2, 0) is 4.74 Å². The molecule has 0 radical (unpaired) electrons. The Morgan fingerprint density at radius 1 is 1.32 bits per heavy atom. The van der Waals surface area contributed by atoms with Crippen molar-refractivity contribution in [2.75, 3.05) is 13.1 Å². The van der Waals surface area contributed by atoms with Gasteiger partial charge >= 0.3 is 6.09 Å². The zero-order valence-electron chi connectivity index (χ0n) is 14.3. The Morgan fingerprint density at radius 2 is 1.95 bits per heavy atom. The Morgan fingerprint density at radius 3 is 2.55 bits per heavy atom. The molecule has 0 spiro atoms. The topological polar surface area (TPSA) is 41.6 Å². The Labute approximate surface area is 133 Å². The van der Waals surface area contributed by atoms with Gasteiger partial charge < -0.3 is 15.0 Å². The fourth-order valence-corrected chi connectivity index (χ4v) is 2.69. The van der Waals surface area contributed by atoms with E-state index in [4.69, 9.17) is 4.74 Å². The minimum atomic E-state index is -0.433.